The van der Waals surface area contributed by atoms with E-state index in [1.54, 1.807) is 11.2 Å². The molecule has 2 aromatic heterocycles. The van der Waals surface area contributed by atoms with Crippen molar-refractivity contribution in [2.75, 3.05) is 32.8 Å². The fraction of sp³-hybridized carbons (Fsp3) is 0.458. The molecule has 3 aromatic rings. The molecule has 0 radical (unpaired) electrons. The predicted molar refractivity (Wildman–Crippen MR) is 124 cm³/mol. The van der Waals surface area contributed by atoms with E-state index in [9.17, 15) is 9.59 Å². The summed E-state index contributed by atoms with van der Waals surface area (Å²) in [5, 5.41) is 13.2. The van der Waals surface area contributed by atoms with Crippen molar-refractivity contribution in [3.63, 3.8) is 0 Å². The van der Waals surface area contributed by atoms with E-state index in [0.717, 1.165) is 28.9 Å². The van der Waals surface area contributed by atoms with Gasteiger partial charge in [0.1, 0.15) is 12.0 Å². The molecular formula is C24H29N7O3. The zero-order chi connectivity index (χ0) is 23.5. The number of morpholine rings is 1. The van der Waals surface area contributed by atoms with E-state index in [2.05, 4.69) is 22.3 Å². The number of carbonyl (C=O) groups is 2. The summed E-state index contributed by atoms with van der Waals surface area (Å²) in [4.78, 5) is 29.0. The first-order valence-corrected chi connectivity index (χ1v) is 11.7. The van der Waals surface area contributed by atoms with Crippen molar-refractivity contribution in [2.24, 2.45) is 7.05 Å². The van der Waals surface area contributed by atoms with Gasteiger partial charge in [0.15, 0.2) is 5.82 Å². The van der Waals surface area contributed by atoms with Crippen LogP contribution in [0.4, 0.5) is 0 Å². The van der Waals surface area contributed by atoms with Gasteiger partial charge in [-0.05, 0) is 5.56 Å². The Labute approximate surface area is 198 Å². The summed E-state index contributed by atoms with van der Waals surface area (Å²) in [6, 6.07) is 10.1. The molecule has 2 aliphatic rings. The van der Waals surface area contributed by atoms with Crippen LogP contribution in [0.3, 0.4) is 0 Å². The average molecular weight is 464 g/mol. The fourth-order valence-corrected chi connectivity index (χ4v) is 4.66. The molecule has 0 N–H and O–H groups in total. The number of benzene rings is 1. The maximum Gasteiger partial charge on any atom is 0.223 e. The van der Waals surface area contributed by atoms with Gasteiger partial charge in [0.2, 0.25) is 11.8 Å². The second kappa shape index (κ2) is 9.76. The molecule has 2 aliphatic heterocycles. The Morgan fingerprint density at radius 1 is 1.00 bits per heavy atom. The van der Waals surface area contributed by atoms with Crippen LogP contribution in [0.1, 0.15) is 29.7 Å². The highest BCUT2D eigenvalue weighted by molar-refractivity contribution is 5.84. The van der Waals surface area contributed by atoms with Gasteiger partial charge in [-0.2, -0.15) is 5.10 Å². The van der Waals surface area contributed by atoms with Gasteiger partial charge in [-0.3, -0.25) is 14.3 Å². The fourth-order valence-electron chi connectivity index (χ4n) is 4.66. The van der Waals surface area contributed by atoms with Crippen molar-refractivity contribution in [1.82, 2.24) is 34.3 Å². The molecule has 0 bridgehead atoms. The summed E-state index contributed by atoms with van der Waals surface area (Å²) < 4.78 is 9.17. The van der Waals surface area contributed by atoms with Crippen LogP contribution in [0.5, 0.6) is 0 Å². The summed E-state index contributed by atoms with van der Waals surface area (Å²) >= 11 is 0. The van der Waals surface area contributed by atoms with Gasteiger partial charge in [-0.15, -0.1) is 10.2 Å². The summed E-state index contributed by atoms with van der Waals surface area (Å²) in [6.45, 7) is 4.04. The molecule has 0 unspecified atom stereocenters. The lowest BCUT2D eigenvalue weighted by Gasteiger charge is -2.29. The van der Waals surface area contributed by atoms with Crippen LogP contribution < -0.4 is 0 Å². The number of carbonyl (C=O) groups excluding carboxylic acids is 2. The summed E-state index contributed by atoms with van der Waals surface area (Å²) in [7, 11) is 1.93. The van der Waals surface area contributed by atoms with Crippen LogP contribution in [-0.2, 0) is 40.9 Å². The third-order valence-electron chi connectivity index (χ3n) is 6.53. The minimum absolute atomic E-state index is 0.00665. The second-order valence-electron chi connectivity index (χ2n) is 8.72. The van der Waals surface area contributed by atoms with Crippen molar-refractivity contribution >= 4 is 11.8 Å². The Bertz CT molecular complexity index is 1160. The number of hydrogen-bond donors (Lipinski definition) is 0. The lowest BCUT2D eigenvalue weighted by atomic mass is 10.0. The van der Waals surface area contributed by atoms with E-state index < -0.39 is 0 Å². The van der Waals surface area contributed by atoms with Gasteiger partial charge < -0.3 is 19.1 Å². The number of rotatable bonds is 6. The molecule has 178 valence electrons. The van der Waals surface area contributed by atoms with E-state index >= 15 is 0 Å². The second-order valence-corrected chi connectivity index (χ2v) is 8.72. The van der Waals surface area contributed by atoms with Crippen LogP contribution in [0.25, 0.3) is 11.5 Å². The Hall–Kier alpha value is -3.53. The van der Waals surface area contributed by atoms with Gasteiger partial charge in [0, 0.05) is 63.7 Å². The third-order valence-corrected chi connectivity index (χ3v) is 6.53. The number of ether oxygens (including phenoxy) is 1. The Morgan fingerprint density at radius 2 is 1.74 bits per heavy atom. The molecule has 0 spiro atoms. The normalized spacial score (nSPS) is 15.9. The quantitative estimate of drug-likeness (QED) is 0.546. The number of fused-ring (bicyclic) bond motifs is 1. The molecule has 1 aromatic carbocycles. The average Bonchev–Trinajstić information content (AvgIpc) is 3.46. The number of nitrogens with zero attached hydrogens (tertiary/aromatic N) is 7. The highest BCUT2D eigenvalue weighted by atomic mass is 16.5. The van der Waals surface area contributed by atoms with E-state index in [1.807, 2.05) is 39.4 Å². The van der Waals surface area contributed by atoms with Crippen LogP contribution in [-0.4, -0.2) is 79.0 Å². The van der Waals surface area contributed by atoms with Gasteiger partial charge in [0.25, 0.3) is 0 Å². The maximum absolute atomic E-state index is 13.0. The minimum atomic E-state index is -0.00665. The summed E-state index contributed by atoms with van der Waals surface area (Å²) in [6.07, 6.45) is 2.88. The van der Waals surface area contributed by atoms with Gasteiger partial charge in [-0.1, -0.05) is 30.3 Å². The monoisotopic (exact) mass is 463 g/mol. The topological polar surface area (TPSA) is 98.4 Å². The van der Waals surface area contributed by atoms with E-state index in [-0.39, 0.29) is 24.7 Å². The van der Waals surface area contributed by atoms with Crippen molar-refractivity contribution in [3.05, 3.63) is 53.5 Å². The van der Waals surface area contributed by atoms with Crippen molar-refractivity contribution in [1.29, 1.82) is 0 Å². The maximum atomic E-state index is 13.0. The van der Waals surface area contributed by atoms with Crippen LogP contribution in [0.2, 0.25) is 0 Å². The zero-order valence-corrected chi connectivity index (χ0v) is 19.4. The molecule has 0 aliphatic carbocycles. The number of hydrogen-bond acceptors (Lipinski definition) is 6. The van der Waals surface area contributed by atoms with Gasteiger partial charge >= 0.3 is 0 Å². The molecule has 10 nitrogen and oxygen atoms in total. The van der Waals surface area contributed by atoms with Gasteiger partial charge in [0.05, 0.1) is 19.8 Å². The lowest BCUT2D eigenvalue weighted by Crippen LogP contribution is -2.41. The SMILES string of the molecule is Cn1nc(-c2nncn2Cc2ccccc2)c2c1CCN(C(=O)CCC(=O)N1CCOCC1)C2. The highest BCUT2D eigenvalue weighted by Crippen LogP contribution is 2.29. The van der Waals surface area contributed by atoms with Crippen LogP contribution in [0, 0.1) is 0 Å². The van der Waals surface area contributed by atoms with Crippen molar-refractivity contribution < 1.29 is 14.3 Å². The van der Waals surface area contributed by atoms with E-state index in [0.29, 0.717) is 51.8 Å². The first-order chi connectivity index (χ1) is 16.6. The first kappa shape index (κ1) is 22.3. The molecule has 0 saturated carbocycles. The molecule has 1 saturated heterocycles. The number of amides is 2. The molecule has 4 heterocycles. The Balaban J connectivity index is 1.29. The van der Waals surface area contributed by atoms with Gasteiger partial charge in [-0.25, -0.2) is 0 Å². The van der Waals surface area contributed by atoms with Crippen molar-refractivity contribution in [2.45, 2.75) is 32.4 Å². The van der Waals surface area contributed by atoms with E-state index in [1.165, 1.54) is 0 Å². The smallest absolute Gasteiger partial charge is 0.223 e. The van der Waals surface area contributed by atoms with Crippen molar-refractivity contribution in [3.8, 4) is 11.5 Å². The van der Waals surface area contributed by atoms with E-state index in [4.69, 9.17) is 9.84 Å². The predicted octanol–water partition coefficient (Wildman–Crippen LogP) is 1.25. The zero-order valence-electron chi connectivity index (χ0n) is 19.4. The number of aromatic nitrogens is 5. The molecule has 10 heteroatoms. The molecule has 1 fully saturated rings. The molecule has 5 rings (SSSR count). The van der Waals surface area contributed by atoms with Crippen LogP contribution in [0.15, 0.2) is 36.7 Å². The molecule has 2 amide bonds. The number of aryl methyl sites for hydroxylation is 1. The standard InChI is InChI=1S/C24H29N7O3/c1-28-20-9-10-30(22(33)8-7-21(32)29-11-13-34-14-12-29)16-19(20)23(27-28)24-26-25-17-31(24)15-18-5-3-2-4-6-18/h2-6,17H,7-16H2,1H3. The highest BCUT2D eigenvalue weighted by Gasteiger charge is 2.29. The van der Waals surface area contributed by atoms with Crippen LogP contribution >= 0.6 is 0 Å². The third kappa shape index (κ3) is 4.58. The molecule has 34 heavy (non-hydrogen) atoms. The Morgan fingerprint density at radius 3 is 2.50 bits per heavy atom. The largest absolute Gasteiger partial charge is 0.378 e. The molecule has 0 atom stereocenters. The Kier molecular flexibility index (Phi) is 6.39. The first-order valence-electron chi connectivity index (χ1n) is 11.7. The minimum Gasteiger partial charge on any atom is -0.378 e. The summed E-state index contributed by atoms with van der Waals surface area (Å²) in [5.41, 5.74) is 4.02. The summed E-state index contributed by atoms with van der Waals surface area (Å²) in [5.74, 6) is 0.704. The molecular weight excluding hydrogens is 434 g/mol. The lowest BCUT2D eigenvalue weighted by molar-refractivity contribution is -0.139.